The van der Waals surface area contributed by atoms with E-state index in [0.29, 0.717) is 17.0 Å². The van der Waals surface area contributed by atoms with Crippen molar-refractivity contribution in [3.05, 3.63) is 33.8 Å². The summed E-state index contributed by atoms with van der Waals surface area (Å²) in [7, 11) is 0. The van der Waals surface area contributed by atoms with Crippen molar-refractivity contribution >= 4 is 23.2 Å². The van der Waals surface area contributed by atoms with Crippen molar-refractivity contribution in [2.45, 2.75) is 32.9 Å². The molecule has 1 aliphatic heterocycles. The number of hydrogen-bond donors (Lipinski definition) is 1. The van der Waals surface area contributed by atoms with Crippen LogP contribution in [0.3, 0.4) is 0 Å². The standard InChI is InChI=1S/C15H22Cl2N2/c1-11(2)9-19(14-5-6-18-8-14)10-12-3-4-13(16)7-15(12)17/h3-4,7,11,14,18H,5-6,8-10H2,1-2H3. The summed E-state index contributed by atoms with van der Waals surface area (Å²) >= 11 is 12.2. The molecule has 1 aromatic carbocycles. The van der Waals surface area contributed by atoms with Crippen LogP contribution in [0.4, 0.5) is 0 Å². The topological polar surface area (TPSA) is 15.3 Å². The van der Waals surface area contributed by atoms with E-state index >= 15 is 0 Å². The Morgan fingerprint density at radius 3 is 2.74 bits per heavy atom. The second kappa shape index (κ2) is 6.94. The van der Waals surface area contributed by atoms with Gasteiger partial charge in [0, 0.05) is 35.7 Å². The normalized spacial score (nSPS) is 19.6. The van der Waals surface area contributed by atoms with E-state index < -0.39 is 0 Å². The Bertz CT molecular complexity index is 415. The molecule has 1 fully saturated rings. The lowest BCUT2D eigenvalue weighted by molar-refractivity contribution is 0.177. The van der Waals surface area contributed by atoms with Crippen molar-refractivity contribution in [3.8, 4) is 0 Å². The summed E-state index contributed by atoms with van der Waals surface area (Å²) in [4.78, 5) is 2.54. The van der Waals surface area contributed by atoms with Gasteiger partial charge in [-0.05, 0) is 36.6 Å². The molecule has 4 heteroatoms. The molecular weight excluding hydrogens is 279 g/mol. The Balaban J connectivity index is 2.09. The maximum absolute atomic E-state index is 6.29. The van der Waals surface area contributed by atoms with E-state index in [9.17, 15) is 0 Å². The number of nitrogens with zero attached hydrogens (tertiary/aromatic N) is 1. The van der Waals surface area contributed by atoms with Crippen LogP contribution in [-0.4, -0.2) is 30.6 Å². The third kappa shape index (κ3) is 4.35. The Labute approximate surface area is 126 Å². The molecular formula is C15H22Cl2N2. The maximum atomic E-state index is 6.29. The lowest BCUT2D eigenvalue weighted by Crippen LogP contribution is -2.38. The van der Waals surface area contributed by atoms with Gasteiger partial charge >= 0.3 is 0 Å². The van der Waals surface area contributed by atoms with Crippen molar-refractivity contribution in [1.29, 1.82) is 0 Å². The summed E-state index contributed by atoms with van der Waals surface area (Å²) < 4.78 is 0. The molecule has 1 saturated heterocycles. The Morgan fingerprint density at radius 2 is 2.16 bits per heavy atom. The molecule has 0 amide bonds. The van der Waals surface area contributed by atoms with Gasteiger partial charge in [0.1, 0.15) is 0 Å². The Hall–Kier alpha value is -0.280. The van der Waals surface area contributed by atoms with Crippen molar-refractivity contribution in [3.63, 3.8) is 0 Å². The molecule has 1 heterocycles. The summed E-state index contributed by atoms with van der Waals surface area (Å²) in [5.41, 5.74) is 1.17. The van der Waals surface area contributed by atoms with Crippen LogP contribution in [0.25, 0.3) is 0 Å². The van der Waals surface area contributed by atoms with Crippen LogP contribution in [0.1, 0.15) is 25.8 Å². The van der Waals surface area contributed by atoms with Crippen molar-refractivity contribution in [1.82, 2.24) is 10.2 Å². The van der Waals surface area contributed by atoms with Gasteiger partial charge in [-0.15, -0.1) is 0 Å². The van der Waals surface area contributed by atoms with Gasteiger partial charge in [-0.2, -0.15) is 0 Å². The van der Waals surface area contributed by atoms with Gasteiger partial charge in [0.25, 0.3) is 0 Å². The molecule has 2 rings (SSSR count). The zero-order valence-electron chi connectivity index (χ0n) is 11.6. The van der Waals surface area contributed by atoms with Crippen LogP contribution in [0.2, 0.25) is 10.0 Å². The second-order valence-electron chi connectivity index (χ2n) is 5.71. The lowest BCUT2D eigenvalue weighted by Gasteiger charge is -2.30. The van der Waals surface area contributed by atoms with Gasteiger partial charge in [0.2, 0.25) is 0 Å². The van der Waals surface area contributed by atoms with Crippen LogP contribution in [0.15, 0.2) is 18.2 Å². The minimum absolute atomic E-state index is 0.620. The zero-order chi connectivity index (χ0) is 13.8. The molecule has 1 aromatic rings. The van der Waals surface area contributed by atoms with Crippen LogP contribution in [-0.2, 0) is 6.54 Å². The first-order chi connectivity index (χ1) is 9.06. The highest BCUT2D eigenvalue weighted by atomic mass is 35.5. The first-order valence-corrected chi connectivity index (χ1v) is 7.70. The third-order valence-electron chi connectivity index (χ3n) is 3.54. The zero-order valence-corrected chi connectivity index (χ0v) is 13.1. The molecule has 0 radical (unpaired) electrons. The van der Waals surface area contributed by atoms with Crippen LogP contribution < -0.4 is 5.32 Å². The van der Waals surface area contributed by atoms with Crippen LogP contribution in [0.5, 0.6) is 0 Å². The molecule has 1 N–H and O–H groups in total. The molecule has 2 nitrogen and oxygen atoms in total. The van der Waals surface area contributed by atoms with E-state index in [1.54, 1.807) is 0 Å². The van der Waals surface area contributed by atoms with Crippen molar-refractivity contribution in [2.24, 2.45) is 5.92 Å². The second-order valence-corrected chi connectivity index (χ2v) is 6.55. The highest BCUT2D eigenvalue weighted by Crippen LogP contribution is 2.24. The highest BCUT2D eigenvalue weighted by molar-refractivity contribution is 6.35. The maximum Gasteiger partial charge on any atom is 0.0465 e. The van der Waals surface area contributed by atoms with E-state index in [0.717, 1.165) is 31.2 Å². The number of nitrogens with one attached hydrogen (secondary N) is 1. The van der Waals surface area contributed by atoms with Crippen LogP contribution in [0, 0.1) is 5.92 Å². The van der Waals surface area contributed by atoms with Gasteiger partial charge in [0.05, 0.1) is 0 Å². The number of rotatable bonds is 5. The predicted octanol–water partition coefficient (Wildman–Crippen LogP) is 3.81. The molecule has 0 aliphatic carbocycles. The van der Waals surface area contributed by atoms with E-state index in [4.69, 9.17) is 23.2 Å². The van der Waals surface area contributed by atoms with Gasteiger partial charge in [0.15, 0.2) is 0 Å². The number of benzene rings is 1. The van der Waals surface area contributed by atoms with Crippen LogP contribution >= 0.6 is 23.2 Å². The third-order valence-corrected chi connectivity index (χ3v) is 4.13. The molecule has 1 unspecified atom stereocenters. The summed E-state index contributed by atoms with van der Waals surface area (Å²) in [6.45, 7) is 8.73. The minimum Gasteiger partial charge on any atom is -0.315 e. The highest BCUT2D eigenvalue weighted by Gasteiger charge is 2.23. The van der Waals surface area contributed by atoms with Gasteiger partial charge < -0.3 is 5.32 Å². The fourth-order valence-corrected chi connectivity index (χ4v) is 3.10. The summed E-state index contributed by atoms with van der Waals surface area (Å²) in [5.74, 6) is 0.659. The van der Waals surface area contributed by atoms with E-state index in [1.165, 1.54) is 12.0 Å². The monoisotopic (exact) mass is 300 g/mol. The fraction of sp³-hybridized carbons (Fsp3) is 0.600. The van der Waals surface area contributed by atoms with Gasteiger partial charge in [-0.1, -0.05) is 43.1 Å². The summed E-state index contributed by atoms with van der Waals surface area (Å²) in [5, 5.41) is 4.91. The van der Waals surface area contributed by atoms with Gasteiger partial charge in [-0.3, -0.25) is 4.90 Å². The molecule has 1 atom stereocenters. The average molecular weight is 301 g/mol. The summed E-state index contributed by atoms with van der Waals surface area (Å²) in [6.07, 6.45) is 1.22. The number of hydrogen-bond acceptors (Lipinski definition) is 2. The molecule has 0 saturated carbocycles. The molecule has 0 aromatic heterocycles. The number of halogens is 2. The summed E-state index contributed by atoms with van der Waals surface area (Å²) in [6, 6.07) is 6.41. The predicted molar refractivity (Wildman–Crippen MR) is 83.0 cm³/mol. The minimum atomic E-state index is 0.620. The molecule has 1 aliphatic rings. The first kappa shape index (κ1) is 15.1. The average Bonchev–Trinajstić information content (AvgIpc) is 2.84. The molecule has 0 spiro atoms. The fourth-order valence-electron chi connectivity index (χ4n) is 2.63. The smallest absolute Gasteiger partial charge is 0.0465 e. The van der Waals surface area contributed by atoms with E-state index in [2.05, 4.69) is 24.1 Å². The van der Waals surface area contributed by atoms with E-state index in [1.807, 2.05) is 18.2 Å². The largest absolute Gasteiger partial charge is 0.315 e. The van der Waals surface area contributed by atoms with E-state index in [-0.39, 0.29) is 0 Å². The van der Waals surface area contributed by atoms with Crippen molar-refractivity contribution < 1.29 is 0 Å². The first-order valence-electron chi connectivity index (χ1n) is 6.95. The quantitative estimate of drug-likeness (QED) is 0.889. The molecule has 106 valence electrons. The Kier molecular flexibility index (Phi) is 5.52. The Morgan fingerprint density at radius 1 is 1.37 bits per heavy atom. The lowest BCUT2D eigenvalue weighted by atomic mass is 10.1. The SMILES string of the molecule is CC(C)CN(Cc1ccc(Cl)cc1Cl)C1CCNC1. The molecule has 19 heavy (non-hydrogen) atoms. The van der Waals surface area contributed by atoms with Gasteiger partial charge in [-0.25, -0.2) is 0 Å². The van der Waals surface area contributed by atoms with Crippen molar-refractivity contribution in [2.75, 3.05) is 19.6 Å². The molecule has 0 bridgehead atoms.